The van der Waals surface area contributed by atoms with E-state index < -0.39 is 28.8 Å². The highest BCUT2D eigenvalue weighted by Gasteiger charge is 2.23. The van der Waals surface area contributed by atoms with Crippen LogP contribution in [0.5, 0.6) is 23.0 Å². The number of carboxylic acid groups (broad SMARTS) is 1. The SMILES string of the molecule is CC(Cc1c(-c2ccc(O)c(O)c2)oc2cc(O)cc(O)c2c1=O)C(=O)O. The van der Waals surface area contributed by atoms with Gasteiger partial charge in [-0.15, -0.1) is 0 Å². The molecule has 3 aromatic rings. The number of rotatable bonds is 4. The molecule has 8 nitrogen and oxygen atoms in total. The predicted molar refractivity (Wildman–Crippen MR) is 95.1 cm³/mol. The molecular weight excluding hydrogens is 356 g/mol. The third kappa shape index (κ3) is 3.24. The van der Waals surface area contributed by atoms with E-state index in [0.717, 1.165) is 18.2 Å². The second-order valence-corrected chi connectivity index (χ2v) is 6.22. The van der Waals surface area contributed by atoms with Crippen molar-refractivity contribution >= 4 is 16.9 Å². The summed E-state index contributed by atoms with van der Waals surface area (Å²) in [5.74, 6) is -3.72. The van der Waals surface area contributed by atoms with Gasteiger partial charge >= 0.3 is 5.97 Å². The zero-order chi connectivity index (χ0) is 19.9. The summed E-state index contributed by atoms with van der Waals surface area (Å²) in [6.07, 6.45) is -0.190. The zero-order valence-corrected chi connectivity index (χ0v) is 14.1. The topological polar surface area (TPSA) is 148 Å². The van der Waals surface area contributed by atoms with E-state index in [1.807, 2.05) is 0 Å². The molecule has 2 aromatic carbocycles. The molecule has 0 aliphatic heterocycles. The van der Waals surface area contributed by atoms with Crippen LogP contribution in [0.2, 0.25) is 0 Å². The fourth-order valence-corrected chi connectivity index (χ4v) is 2.80. The highest BCUT2D eigenvalue weighted by atomic mass is 16.4. The van der Waals surface area contributed by atoms with Crippen molar-refractivity contribution in [2.45, 2.75) is 13.3 Å². The summed E-state index contributed by atoms with van der Waals surface area (Å²) in [6, 6.07) is 5.87. The minimum Gasteiger partial charge on any atom is -0.508 e. The van der Waals surface area contributed by atoms with Crippen molar-refractivity contribution in [1.29, 1.82) is 0 Å². The van der Waals surface area contributed by atoms with Crippen molar-refractivity contribution in [2.24, 2.45) is 5.92 Å². The number of phenols is 4. The van der Waals surface area contributed by atoms with Gasteiger partial charge in [-0.2, -0.15) is 0 Å². The highest BCUT2D eigenvalue weighted by molar-refractivity contribution is 5.87. The normalized spacial score (nSPS) is 12.2. The monoisotopic (exact) mass is 372 g/mol. The van der Waals surface area contributed by atoms with E-state index >= 15 is 0 Å². The van der Waals surface area contributed by atoms with E-state index in [1.165, 1.54) is 19.1 Å². The van der Waals surface area contributed by atoms with Gasteiger partial charge in [0.15, 0.2) is 16.9 Å². The van der Waals surface area contributed by atoms with Gasteiger partial charge in [-0.25, -0.2) is 0 Å². The minimum atomic E-state index is -1.12. The first kappa shape index (κ1) is 18.1. The fourth-order valence-electron chi connectivity index (χ4n) is 2.80. The molecule has 0 aliphatic rings. The lowest BCUT2D eigenvalue weighted by atomic mass is 9.95. The van der Waals surface area contributed by atoms with Crippen LogP contribution in [0.4, 0.5) is 0 Å². The maximum atomic E-state index is 13.0. The quantitative estimate of drug-likeness (QED) is 0.439. The van der Waals surface area contributed by atoms with E-state index in [1.54, 1.807) is 0 Å². The molecule has 1 aromatic heterocycles. The number of aliphatic carboxylic acids is 1. The van der Waals surface area contributed by atoms with Crippen LogP contribution in [0, 0.1) is 5.92 Å². The van der Waals surface area contributed by atoms with Gasteiger partial charge in [0.25, 0.3) is 0 Å². The number of carbonyl (C=O) groups is 1. The molecular formula is C19H16O8. The van der Waals surface area contributed by atoms with Gasteiger partial charge in [0.1, 0.15) is 28.2 Å². The molecule has 1 unspecified atom stereocenters. The largest absolute Gasteiger partial charge is 0.508 e. The number of aromatic hydroxyl groups is 4. The lowest BCUT2D eigenvalue weighted by molar-refractivity contribution is -0.141. The maximum Gasteiger partial charge on any atom is 0.306 e. The average Bonchev–Trinajstić information content (AvgIpc) is 2.58. The van der Waals surface area contributed by atoms with Gasteiger partial charge < -0.3 is 29.9 Å². The summed E-state index contributed by atoms with van der Waals surface area (Å²) >= 11 is 0. The van der Waals surface area contributed by atoms with Crippen LogP contribution in [0.25, 0.3) is 22.3 Å². The number of phenolic OH excluding ortho intramolecular Hbond substituents is 4. The average molecular weight is 372 g/mol. The Labute approximate surface area is 152 Å². The van der Waals surface area contributed by atoms with E-state index in [2.05, 4.69) is 0 Å². The van der Waals surface area contributed by atoms with E-state index in [-0.39, 0.29) is 45.8 Å². The molecule has 0 bridgehead atoms. The first-order chi connectivity index (χ1) is 12.7. The molecule has 1 heterocycles. The predicted octanol–water partition coefficient (Wildman–Crippen LogP) is 2.55. The van der Waals surface area contributed by atoms with Gasteiger partial charge in [0, 0.05) is 23.3 Å². The Morgan fingerprint density at radius 2 is 1.74 bits per heavy atom. The van der Waals surface area contributed by atoms with Gasteiger partial charge in [-0.1, -0.05) is 6.92 Å². The minimum absolute atomic E-state index is 0.0107. The molecule has 0 spiro atoms. The Kier molecular flexibility index (Phi) is 4.40. The van der Waals surface area contributed by atoms with Crippen molar-refractivity contribution < 1.29 is 34.7 Å². The highest BCUT2D eigenvalue weighted by Crippen LogP contribution is 2.36. The third-order valence-corrected chi connectivity index (χ3v) is 4.22. The molecule has 0 aliphatic carbocycles. The molecule has 8 heteroatoms. The number of carboxylic acids is 1. The summed E-state index contributed by atoms with van der Waals surface area (Å²) < 4.78 is 5.69. The van der Waals surface area contributed by atoms with Crippen molar-refractivity contribution in [1.82, 2.24) is 0 Å². The number of hydrogen-bond acceptors (Lipinski definition) is 7. The molecule has 0 radical (unpaired) electrons. The van der Waals surface area contributed by atoms with E-state index in [0.29, 0.717) is 0 Å². The van der Waals surface area contributed by atoms with Crippen LogP contribution >= 0.6 is 0 Å². The van der Waals surface area contributed by atoms with Crippen LogP contribution in [-0.4, -0.2) is 31.5 Å². The van der Waals surface area contributed by atoms with Gasteiger partial charge in [0.05, 0.1) is 5.92 Å². The van der Waals surface area contributed by atoms with Crippen LogP contribution in [0.15, 0.2) is 39.5 Å². The standard InChI is InChI=1S/C19H16O8/c1-8(19(25)26)4-11-17(24)16-14(23)6-10(20)7-15(16)27-18(11)9-2-3-12(21)13(22)5-9/h2-3,5-8,20-23H,4H2,1H3,(H,25,26). The molecule has 27 heavy (non-hydrogen) atoms. The lowest BCUT2D eigenvalue weighted by Crippen LogP contribution is -2.19. The molecule has 0 saturated carbocycles. The van der Waals surface area contributed by atoms with E-state index in [4.69, 9.17) is 4.42 Å². The Morgan fingerprint density at radius 1 is 1.04 bits per heavy atom. The van der Waals surface area contributed by atoms with Crippen molar-refractivity contribution in [3.8, 4) is 34.3 Å². The zero-order valence-electron chi connectivity index (χ0n) is 14.1. The van der Waals surface area contributed by atoms with Crippen molar-refractivity contribution in [3.05, 3.63) is 46.1 Å². The lowest BCUT2D eigenvalue weighted by Gasteiger charge is -2.13. The third-order valence-electron chi connectivity index (χ3n) is 4.22. The molecule has 1 atom stereocenters. The maximum absolute atomic E-state index is 13.0. The van der Waals surface area contributed by atoms with Crippen LogP contribution < -0.4 is 5.43 Å². The van der Waals surface area contributed by atoms with Crippen molar-refractivity contribution in [2.75, 3.05) is 0 Å². The number of fused-ring (bicyclic) bond motifs is 1. The van der Waals surface area contributed by atoms with Crippen LogP contribution in [0.1, 0.15) is 12.5 Å². The van der Waals surface area contributed by atoms with E-state index in [9.17, 15) is 35.1 Å². The summed E-state index contributed by atoms with van der Waals surface area (Å²) in [6.45, 7) is 1.42. The second kappa shape index (κ2) is 6.56. The Hall–Kier alpha value is -3.68. The summed E-state index contributed by atoms with van der Waals surface area (Å²) in [4.78, 5) is 24.2. The molecule has 0 saturated heterocycles. The Bertz CT molecular complexity index is 1110. The smallest absolute Gasteiger partial charge is 0.306 e. The molecule has 0 amide bonds. The fraction of sp³-hybridized carbons (Fsp3) is 0.158. The van der Waals surface area contributed by atoms with Crippen LogP contribution in [-0.2, 0) is 11.2 Å². The number of benzene rings is 2. The molecule has 0 fully saturated rings. The first-order valence-electron chi connectivity index (χ1n) is 7.96. The Morgan fingerprint density at radius 3 is 2.37 bits per heavy atom. The Balaban J connectivity index is 2.36. The van der Waals surface area contributed by atoms with Gasteiger partial charge in [-0.05, 0) is 24.6 Å². The molecule has 3 rings (SSSR count). The first-order valence-corrected chi connectivity index (χ1v) is 7.96. The summed E-state index contributed by atoms with van der Waals surface area (Å²) in [5.41, 5.74) is -0.542. The number of hydrogen-bond donors (Lipinski definition) is 5. The van der Waals surface area contributed by atoms with Gasteiger partial charge in [-0.3, -0.25) is 9.59 Å². The second-order valence-electron chi connectivity index (χ2n) is 6.22. The summed E-state index contributed by atoms with van der Waals surface area (Å²) in [7, 11) is 0. The summed E-state index contributed by atoms with van der Waals surface area (Å²) in [5, 5.41) is 47.9. The van der Waals surface area contributed by atoms with Gasteiger partial charge in [0.2, 0.25) is 0 Å². The molecule has 140 valence electrons. The molecule has 5 N–H and O–H groups in total. The van der Waals surface area contributed by atoms with Crippen LogP contribution in [0.3, 0.4) is 0 Å². The van der Waals surface area contributed by atoms with Crippen molar-refractivity contribution in [3.63, 3.8) is 0 Å².